The number of rotatable bonds is 7. The van der Waals surface area contributed by atoms with Crippen LogP contribution in [-0.4, -0.2) is 50.1 Å². The Hall–Kier alpha value is -2.31. The SMILES string of the molecule is C#CCCCO/N=C1/CCC(O)C2OC12.CC.CCn1[nH]c(=O)n(CC2CCCCC2)c1=O. The van der Waals surface area contributed by atoms with Gasteiger partial charge in [0.05, 0.1) is 11.8 Å². The van der Waals surface area contributed by atoms with E-state index in [1.807, 2.05) is 20.8 Å². The van der Waals surface area contributed by atoms with Crippen LogP contribution in [0.3, 0.4) is 0 Å². The van der Waals surface area contributed by atoms with Crippen LogP contribution in [0.1, 0.15) is 78.6 Å². The lowest BCUT2D eigenvalue weighted by molar-refractivity contribution is 0.126. The zero-order valence-corrected chi connectivity index (χ0v) is 20.3. The van der Waals surface area contributed by atoms with Gasteiger partial charge in [-0.1, -0.05) is 38.3 Å². The molecule has 1 aromatic rings. The molecule has 2 saturated carbocycles. The number of aliphatic hydroxyl groups is 1. The highest BCUT2D eigenvalue weighted by Gasteiger charge is 2.51. The van der Waals surface area contributed by atoms with Crippen LogP contribution >= 0.6 is 0 Å². The van der Waals surface area contributed by atoms with E-state index in [-0.39, 0.29) is 29.7 Å². The summed E-state index contributed by atoms with van der Waals surface area (Å²) in [5.74, 6) is 3.04. The van der Waals surface area contributed by atoms with E-state index in [9.17, 15) is 14.7 Å². The first kappa shape index (κ1) is 26.9. The van der Waals surface area contributed by atoms with E-state index in [4.69, 9.17) is 16.0 Å². The van der Waals surface area contributed by atoms with Gasteiger partial charge in [0.15, 0.2) is 0 Å². The van der Waals surface area contributed by atoms with Crippen molar-refractivity contribution in [1.29, 1.82) is 0 Å². The van der Waals surface area contributed by atoms with Crippen LogP contribution in [0.25, 0.3) is 0 Å². The summed E-state index contributed by atoms with van der Waals surface area (Å²) in [6.45, 7) is 7.50. The second kappa shape index (κ2) is 14.1. The molecule has 3 aliphatic rings. The van der Waals surface area contributed by atoms with Crippen LogP contribution in [-0.2, 0) is 22.7 Å². The highest BCUT2D eigenvalue weighted by Crippen LogP contribution is 2.35. The Morgan fingerprint density at radius 3 is 2.61 bits per heavy atom. The van der Waals surface area contributed by atoms with E-state index in [1.165, 1.54) is 28.5 Å². The van der Waals surface area contributed by atoms with Gasteiger partial charge in [-0.3, -0.25) is 0 Å². The van der Waals surface area contributed by atoms with Gasteiger partial charge in [-0.05, 0) is 44.9 Å². The van der Waals surface area contributed by atoms with Crippen molar-refractivity contribution in [3.63, 3.8) is 0 Å². The minimum atomic E-state index is -0.324. The average Bonchev–Trinajstić information content (AvgIpc) is 3.61. The van der Waals surface area contributed by atoms with Gasteiger partial charge < -0.3 is 14.7 Å². The van der Waals surface area contributed by atoms with Crippen molar-refractivity contribution in [3.8, 4) is 12.3 Å². The predicted octanol–water partition coefficient (Wildman–Crippen LogP) is 2.66. The maximum absolute atomic E-state index is 11.8. The molecule has 0 bridgehead atoms. The first-order chi connectivity index (χ1) is 16.0. The zero-order valence-electron chi connectivity index (χ0n) is 20.3. The van der Waals surface area contributed by atoms with E-state index in [0.717, 1.165) is 31.4 Å². The van der Waals surface area contributed by atoms with Gasteiger partial charge in [0.1, 0.15) is 18.8 Å². The molecule has 9 heteroatoms. The molecule has 0 aromatic carbocycles. The van der Waals surface area contributed by atoms with Crippen molar-refractivity contribution >= 4 is 5.71 Å². The molecule has 1 aliphatic heterocycles. The number of aromatic amines is 1. The molecule has 0 spiro atoms. The van der Waals surface area contributed by atoms with E-state index < -0.39 is 0 Å². The fourth-order valence-corrected chi connectivity index (χ4v) is 4.21. The average molecular weight is 465 g/mol. The molecule has 33 heavy (non-hydrogen) atoms. The van der Waals surface area contributed by atoms with Gasteiger partial charge >= 0.3 is 11.4 Å². The van der Waals surface area contributed by atoms with Crippen molar-refractivity contribution < 1.29 is 14.7 Å². The van der Waals surface area contributed by atoms with Crippen LogP contribution < -0.4 is 11.4 Å². The van der Waals surface area contributed by atoms with Crippen molar-refractivity contribution in [1.82, 2.24) is 14.3 Å². The predicted molar refractivity (Wildman–Crippen MR) is 128 cm³/mol. The first-order valence-electron chi connectivity index (χ1n) is 12.4. The summed E-state index contributed by atoms with van der Waals surface area (Å²) in [5.41, 5.74) is 0.460. The normalized spacial score (nSPS) is 25.1. The smallest absolute Gasteiger partial charge is 0.346 e. The highest BCUT2D eigenvalue weighted by atomic mass is 16.6. The standard InChI is InChI=1S/C11H19N3O2.C11H15NO3.C2H6/c1-2-14-11(16)13(10(15)12-14)8-9-6-4-3-5-7-9;1-2-3-4-7-14-12-8-5-6-9(13)11-10(8)15-11;1-2/h9H,2-8H2,1H3,(H,12,15);1,9-11,13H,3-7H2;1-2H3/b;12-8-;. The van der Waals surface area contributed by atoms with Gasteiger partial charge in [0.25, 0.3) is 0 Å². The second-order valence-corrected chi connectivity index (χ2v) is 8.41. The van der Waals surface area contributed by atoms with Crippen LogP contribution in [0.5, 0.6) is 0 Å². The third kappa shape index (κ3) is 7.90. The number of terminal acetylenes is 1. The largest absolute Gasteiger partial charge is 0.396 e. The number of fused-ring (bicyclic) bond motifs is 1. The first-order valence-corrected chi connectivity index (χ1v) is 12.4. The van der Waals surface area contributed by atoms with Crippen LogP contribution in [0.15, 0.2) is 14.7 Å². The fourth-order valence-electron chi connectivity index (χ4n) is 4.21. The summed E-state index contributed by atoms with van der Waals surface area (Å²) in [6, 6.07) is 0. The minimum Gasteiger partial charge on any atom is -0.396 e. The van der Waals surface area contributed by atoms with Crippen LogP contribution in [0, 0.1) is 18.3 Å². The van der Waals surface area contributed by atoms with Crippen LogP contribution in [0.4, 0.5) is 0 Å². The Morgan fingerprint density at radius 2 is 1.97 bits per heavy atom. The van der Waals surface area contributed by atoms with E-state index >= 15 is 0 Å². The number of oxime groups is 1. The monoisotopic (exact) mass is 464 g/mol. The number of H-pyrrole nitrogens is 1. The molecular formula is C24H40N4O5. The Labute approximate surface area is 196 Å². The van der Waals surface area contributed by atoms with E-state index in [0.29, 0.717) is 38.5 Å². The molecule has 2 aliphatic carbocycles. The molecule has 2 N–H and O–H groups in total. The number of hydrogen-bond donors (Lipinski definition) is 2. The van der Waals surface area contributed by atoms with Gasteiger partial charge in [-0.15, -0.1) is 12.3 Å². The fraction of sp³-hybridized carbons (Fsp3) is 0.792. The number of hydrogen-bond acceptors (Lipinski definition) is 6. The summed E-state index contributed by atoms with van der Waals surface area (Å²) < 4.78 is 8.00. The number of nitrogens with one attached hydrogen (secondary N) is 1. The molecule has 0 amide bonds. The topological polar surface area (TPSA) is 114 Å². The van der Waals surface area contributed by atoms with Gasteiger partial charge in [0.2, 0.25) is 0 Å². The quantitative estimate of drug-likeness (QED) is 0.279. The van der Waals surface area contributed by atoms with Crippen molar-refractivity contribution in [2.75, 3.05) is 6.61 Å². The number of aryl methyl sites for hydroxylation is 1. The van der Waals surface area contributed by atoms with Crippen molar-refractivity contribution in [2.24, 2.45) is 11.1 Å². The summed E-state index contributed by atoms with van der Waals surface area (Å²) in [7, 11) is 0. The molecule has 2 heterocycles. The maximum atomic E-state index is 11.8. The molecule has 9 nitrogen and oxygen atoms in total. The molecule has 0 radical (unpaired) electrons. The summed E-state index contributed by atoms with van der Waals surface area (Å²) >= 11 is 0. The molecule has 4 rings (SSSR count). The number of epoxide rings is 1. The molecule has 3 unspecified atom stereocenters. The number of aromatic nitrogens is 3. The van der Waals surface area contributed by atoms with E-state index in [1.54, 1.807) is 0 Å². The Morgan fingerprint density at radius 1 is 1.24 bits per heavy atom. The summed E-state index contributed by atoms with van der Waals surface area (Å²) in [5, 5.41) is 16.0. The molecule has 3 atom stereocenters. The zero-order chi connectivity index (χ0) is 24.2. The lowest BCUT2D eigenvalue weighted by atomic mass is 9.89. The van der Waals surface area contributed by atoms with Crippen LogP contribution in [0.2, 0.25) is 0 Å². The minimum absolute atomic E-state index is 0.00128. The molecular weight excluding hydrogens is 424 g/mol. The Balaban J connectivity index is 0.000000218. The molecule has 1 aromatic heterocycles. The number of nitrogens with zero attached hydrogens (tertiary/aromatic N) is 3. The van der Waals surface area contributed by atoms with Crippen molar-refractivity contribution in [2.45, 2.75) is 110 Å². The van der Waals surface area contributed by atoms with Gasteiger partial charge in [-0.2, -0.15) is 0 Å². The maximum Gasteiger partial charge on any atom is 0.346 e. The highest BCUT2D eigenvalue weighted by molar-refractivity contribution is 5.92. The lowest BCUT2D eigenvalue weighted by Gasteiger charge is -2.20. The third-order valence-electron chi connectivity index (χ3n) is 6.09. The molecule has 3 fully saturated rings. The van der Waals surface area contributed by atoms with Gasteiger partial charge in [0, 0.05) is 19.5 Å². The second-order valence-electron chi connectivity index (χ2n) is 8.41. The van der Waals surface area contributed by atoms with Gasteiger partial charge in [-0.25, -0.2) is 23.9 Å². The Bertz CT molecular complexity index is 888. The molecule has 1 saturated heterocycles. The number of unbranched alkanes of at least 4 members (excludes halogenated alkanes) is 1. The molecule has 186 valence electrons. The third-order valence-corrected chi connectivity index (χ3v) is 6.09. The number of ether oxygens (including phenoxy) is 1. The summed E-state index contributed by atoms with van der Waals surface area (Å²) in [6.07, 6.45) is 13.8. The lowest BCUT2D eigenvalue weighted by Crippen LogP contribution is -2.32. The number of aliphatic hydroxyl groups excluding tert-OH is 1. The summed E-state index contributed by atoms with van der Waals surface area (Å²) in [4.78, 5) is 28.5. The van der Waals surface area contributed by atoms with Crippen molar-refractivity contribution in [3.05, 3.63) is 21.0 Å². The van der Waals surface area contributed by atoms with E-state index in [2.05, 4.69) is 16.2 Å². The Kier molecular flexibility index (Phi) is 11.5.